The van der Waals surface area contributed by atoms with Crippen LogP contribution in [0.2, 0.25) is 0 Å². The molecule has 3 heteroatoms. The number of rotatable bonds is 2. The van der Waals surface area contributed by atoms with Crippen LogP contribution >= 0.6 is 29.1 Å². The van der Waals surface area contributed by atoms with E-state index in [0.717, 1.165) is 6.16 Å². The maximum Gasteiger partial charge on any atom is 0.0892 e. The molecule has 0 radical (unpaired) electrons. The van der Waals surface area contributed by atoms with Crippen molar-refractivity contribution in [3.63, 3.8) is 0 Å². The van der Waals surface area contributed by atoms with Crippen molar-refractivity contribution in [1.82, 2.24) is 0 Å². The normalized spacial score (nSPS) is 11.4. The first-order valence-electron chi connectivity index (χ1n) is 1.97. The Bertz CT molecular complexity index is 60.7. The summed E-state index contributed by atoms with van der Waals surface area (Å²) in [5.41, 5.74) is 0. The molecular weight excluding hydrogens is 150 g/mol. The minimum Gasteiger partial charge on any atom is -0.0912 e. The van der Waals surface area contributed by atoms with Gasteiger partial charge >= 0.3 is 0 Å². The molecule has 0 amide bonds. The van der Waals surface area contributed by atoms with Gasteiger partial charge in [-0.3, -0.25) is 0 Å². The van der Waals surface area contributed by atoms with E-state index in [0.29, 0.717) is 0 Å². The Labute approximate surface area is 54.8 Å². The average molecular weight is 157 g/mol. The van der Waals surface area contributed by atoms with Crippen molar-refractivity contribution in [2.75, 3.05) is 6.16 Å². The van der Waals surface area contributed by atoms with Gasteiger partial charge < -0.3 is 0 Å². The topological polar surface area (TPSA) is 0 Å². The summed E-state index contributed by atoms with van der Waals surface area (Å²) < 4.78 is 0. The van der Waals surface area contributed by atoms with Crippen LogP contribution in [0.3, 0.4) is 0 Å². The lowest BCUT2D eigenvalue weighted by Crippen LogP contribution is -1.59. The van der Waals surface area contributed by atoms with E-state index < -0.39 is 6.63 Å². The number of hydrogen-bond donors (Lipinski definition) is 0. The first kappa shape index (κ1) is 7.75. The lowest BCUT2D eigenvalue weighted by atomic mass is 10.6. The lowest BCUT2D eigenvalue weighted by molar-refractivity contribution is 1.65. The minimum atomic E-state index is -0.749. The first-order valence-corrected chi connectivity index (χ1v) is 5.31. The van der Waals surface area contributed by atoms with Gasteiger partial charge in [-0.15, -0.1) is 0 Å². The van der Waals surface area contributed by atoms with Gasteiger partial charge in [0.25, 0.3) is 0 Å². The molecule has 0 nitrogen and oxygen atoms in total. The van der Waals surface area contributed by atoms with Crippen LogP contribution < -0.4 is 0 Å². The Kier molecular flexibility index (Phi) is 5.42. The molecule has 0 aliphatic rings. The Balaban J connectivity index is 2.97. The minimum absolute atomic E-state index is 0.749. The summed E-state index contributed by atoms with van der Waals surface area (Å²) in [6.45, 7) is 1.20. The highest BCUT2D eigenvalue weighted by atomic mass is 35.9. The van der Waals surface area contributed by atoms with Crippen molar-refractivity contribution in [3.05, 3.63) is 12.2 Å². The predicted molar refractivity (Wildman–Crippen MR) is 38.3 cm³/mol. The molecule has 42 valence electrons. The third-order valence-electron chi connectivity index (χ3n) is 0.479. The van der Waals surface area contributed by atoms with Crippen LogP contribution in [0, 0.1) is 0 Å². The number of hydrogen-bond acceptors (Lipinski definition) is 0. The summed E-state index contributed by atoms with van der Waals surface area (Å²) in [6, 6.07) is 0. The van der Waals surface area contributed by atoms with Crippen LogP contribution in [-0.2, 0) is 0 Å². The third kappa shape index (κ3) is 6.75. The standard InChI is InChI=1S/C4H7Cl2P/c1-2-3-4-7(5)6/h2-3H,4H2,1H3. The quantitative estimate of drug-likeness (QED) is 0.425. The third-order valence-corrected chi connectivity index (χ3v) is 1.79. The molecular formula is C4H7Cl2P. The van der Waals surface area contributed by atoms with Gasteiger partial charge in [-0.25, -0.2) is 0 Å². The molecule has 0 bridgehead atoms. The molecule has 0 aliphatic heterocycles. The second-order valence-corrected chi connectivity index (χ2v) is 4.99. The molecule has 0 atom stereocenters. The molecule has 0 fully saturated rings. The Morgan fingerprint density at radius 2 is 2.14 bits per heavy atom. The maximum atomic E-state index is 5.44. The largest absolute Gasteiger partial charge is 0.0912 e. The highest BCUT2D eigenvalue weighted by molar-refractivity contribution is 8.04. The Morgan fingerprint density at radius 3 is 2.29 bits per heavy atom. The van der Waals surface area contributed by atoms with Crippen LogP contribution in [-0.4, -0.2) is 6.16 Å². The monoisotopic (exact) mass is 156 g/mol. The van der Waals surface area contributed by atoms with Crippen molar-refractivity contribution in [2.45, 2.75) is 6.92 Å². The molecule has 0 aromatic carbocycles. The van der Waals surface area contributed by atoms with E-state index in [1.807, 2.05) is 19.1 Å². The summed E-state index contributed by atoms with van der Waals surface area (Å²) in [4.78, 5) is 0. The fourth-order valence-electron chi connectivity index (χ4n) is 0.185. The van der Waals surface area contributed by atoms with E-state index in [-0.39, 0.29) is 0 Å². The summed E-state index contributed by atoms with van der Waals surface area (Å²) in [5, 5.41) is 0. The smallest absolute Gasteiger partial charge is 0.0892 e. The van der Waals surface area contributed by atoms with Crippen molar-refractivity contribution in [1.29, 1.82) is 0 Å². The van der Waals surface area contributed by atoms with Crippen molar-refractivity contribution in [3.8, 4) is 0 Å². The molecule has 0 saturated heterocycles. The van der Waals surface area contributed by atoms with Gasteiger partial charge in [0.15, 0.2) is 0 Å². The second kappa shape index (κ2) is 4.90. The van der Waals surface area contributed by atoms with E-state index in [9.17, 15) is 0 Å². The molecule has 0 rings (SSSR count). The zero-order chi connectivity index (χ0) is 5.70. The molecule has 0 unspecified atom stereocenters. The van der Waals surface area contributed by atoms with Crippen LogP contribution in [0.5, 0.6) is 0 Å². The van der Waals surface area contributed by atoms with Gasteiger partial charge in [-0.2, -0.15) is 0 Å². The number of allylic oxidation sites excluding steroid dienone is 2. The van der Waals surface area contributed by atoms with Gasteiger partial charge in [0.1, 0.15) is 0 Å². The lowest BCUT2D eigenvalue weighted by Gasteiger charge is -1.88. The van der Waals surface area contributed by atoms with Gasteiger partial charge in [0.05, 0.1) is 6.63 Å². The molecule has 0 aliphatic carbocycles. The summed E-state index contributed by atoms with van der Waals surface area (Å²) in [5.74, 6) is 0. The highest BCUT2D eigenvalue weighted by Crippen LogP contribution is 2.46. The van der Waals surface area contributed by atoms with Crippen molar-refractivity contribution < 1.29 is 0 Å². The molecule has 0 saturated carbocycles. The summed E-state index contributed by atoms with van der Waals surface area (Å²) >= 11 is 10.9. The zero-order valence-electron chi connectivity index (χ0n) is 4.06. The second-order valence-electron chi connectivity index (χ2n) is 1.05. The van der Waals surface area contributed by atoms with Gasteiger partial charge in [-0.05, 0) is 6.92 Å². The number of halogens is 2. The fourth-order valence-corrected chi connectivity index (χ4v) is 1.03. The van der Waals surface area contributed by atoms with E-state index in [1.54, 1.807) is 0 Å². The molecule has 0 aromatic heterocycles. The van der Waals surface area contributed by atoms with Crippen molar-refractivity contribution in [2.24, 2.45) is 0 Å². The maximum absolute atomic E-state index is 5.44. The van der Waals surface area contributed by atoms with Crippen LogP contribution in [0.15, 0.2) is 12.2 Å². The highest BCUT2D eigenvalue weighted by Gasteiger charge is 1.90. The first-order chi connectivity index (χ1) is 3.27. The summed E-state index contributed by atoms with van der Waals surface area (Å²) in [6.07, 6.45) is 4.72. The molecule has 0 spiro atoms. The summed E-state index contributed by atoms with van der Waals surface area (Å²) in [7, 11) is 0. The molecule has 7 heavy (non-hydrogen) atoms. The zero-order valence-corrected chi connectivity index (χ0v) is 6.47. The Hall–Kier alpha value is 0.750. The molecule has 0 N–H and O–H groups in total. The van der Waals surface area contributed by atoms with Crippen LogP contribution in [0.4, 0.5) is 0 Å². The SMILES string of the molecule is CC=CCP(Cl)Cl. The van der Waals surface area contributed by atoms with Gasteiger partial charge in [-0.1, -0.05) is 34.6 Å². The van der Waals surface area contributed by atoms with E-state index in [1.165, 1.54) is 0 Å². The van der Waals surface area contributed by atoms with Crippen LogP contribution in [0.25, 0.3) is 0 Å². The van der Waals surface area contributed by atoms with Crippen molar-refractivity contribution >= 4 is 29.1 Å². The van der Waals surface area contributed by atoms with Crippen LogP contribution in [0.1, 0.15) is 6.92 Å². The van der Waals surface area contributed by atoms with E-state index in [2.05, 4.69) is 0 Å². The van der Waals surface area contributed by atoms with E-state index >= 15 is 0 Å². The molecule has 0 aromatic rings. The van der Waals surface area contributed by atoms with Gasteiger partial charge in [0, 0.05) is 6.16 Å². The average Bonchev–Trinajstić information content (AvgIpc) is 1.61. The predicted octanol–water partition coefficient (Wildman–Crippen LogP) is 3.35. The molecule has 0 heterocycles. The van der Waals surface area contributed by atoms with E-state index in [4.69, 9.17) is 22.5 Å². The fraction of sp³-hybridized carbons (Fsp3) is 0.500. The Morgan fingerprint density at radius 1 is 1.57 bits per heavy atom. The van der Waals surface area contributed by atoms with Gasteiger partial charge in [0.2, 0.25) is 0 Å².